The molecule has 2 fully saturated rings. The maximum Gasteiger partial charge on any atom is 0.249 e. The molecule has 0 aromatic carbocycles. The summed E-state index contributed by atoms with van der Waals surface area (Å²) in [4.78, 5) is 14.3. The van der Waals surface area contributed by atoms with Crippen molar-refractivity contribution in [2.45, 2.75) is 27.2 Å². The van der Waals surface area contributed by atoms with E-state index < -0.39 is 0 Å². The highest BCUT2D eigenvalue weighted by atomic mass is 16.2. The van der Waals surface area contributed by atoms with Crippen LogP contribution in [0.2, 0.25) is 0 Å². The SMILES string of the molecule is CC(C(=O)N1CCC(C)C(C)C1)=C1CNC1. The van der Waals surface area contributed by atoms with Crippen LogP contribution in [-0.2, 0) is 4.79 Å². The van der Waals surface area contributed by atoms with E-state index in [9.17, 15) is 4.79 Å². The molecule has 2 heterocycles. The second-order valence-electron chi connectivity index (χ2n) is 5.33. The lowest BCUT2D eigenvalue weighted by molar-refractivity contribution is -0.129. The standard InChI is InChI=1S/C13H22N2O/c1-9-4-5-15(8-10(9)2)13(16)11(3)12-6-14-7-12/h9-10,14H,4-8H2,1-3H3. The number of rotatable bonds is 1. The number of nitrogens with zero attached hydrogens (tertiary/aromatic N) is 1. The van der Waals surface area contributed by atoms with Crippen molar-refractivity contribution in [3.05, 3.63) is 11.1 Å². The lowest BCUT2D eigenvalue weighted by Crippen LogP contribution is -2.44. The number of carbonyl (C=O) groups is 1. The molecule has 1 amide bonds. The maximum absolute atomic E-state index is 12.2. The normalized spacial score (nSPS) is 29.9. The number of hydrogen-bond acceptors (Lipinski definition) is 2. The molecule has 0 spiro atoms. The number of likely N-dealkylation sites (tertiary alicyclic amines) is 1. The van der Waals surface area contributed by atoms with Crippen molar-refractivity contribution >= 4 is 5.91 Å². The topological polar surface area (TPSA) is 32.3 Å². The van der Waals surface area contributed by atoms with Crippen LogP contribution < -0.4 is 5.32 Å². The first-order chi connectivity index (χ1) is 7.59. The van der Waals surface area contributed by atoms with Crippen LogP contribution >= 0.6 is 0 Å². The van der Waals surface area contributed by atoms with Crippen LogP contribution in [0.3, 0.4) is 0 Å². The number of piperidine rings is 1. The van der Waals surface area contributed by atoms with Crippen molar-refractivity contribution in [1.82, 2.24) is 10.2 Å². The molecule has 2 aliphatic heterocycles. The van der Waals surface area contributed by atoms with Crippen molar-refractivity contribution in [3.8, 4) is 0 Å². The van der Waals surface area contributed by atoms with E-state index in [1.807, 2.05) is 11.8 Å². The fraction of sp³-hybridized carbons (Fsp3) is 0.769. The van der Waals surface area contributed by atoms with Gasteiger partial charge in [0, 0.05) is 31.8 Å². The van der Waals surface area contributed by atoms with Crippen LogP contribution in [0, 0.1) is 11.8 Å². The minimum absolute atomic E-state index is 0.259. The van der Waals surface area contributed by atoms with E-state index >= 15 is 0 Å². The minimum atomic E-state index is 0.259. The van der Waals surface area contributed by atoms with Gasteiger partial charge in [-0.05, 0) is 30.8 Å². The molecule has 0 saturated carbocycles. The summed E-state index contributed by atoms with van der Waals surface area (Å²) in [7, 11) is 0. The van der Waals surface area contributed by atoms with Crippen LogP contribution in [0.1, 0.15) is 27.2 Å². The zero-order chi connectivity index (χ0) is 11.7. The van der Waals surface area contributed by atoms with Crippen molar-refractivity contribution < 1.29 is 4.79 Å². The fourth-order valence-corrected chi connectivity index (χ4v) is 2.35. The Bertz CT molecular complexity index is 316. The molecule has 0 bridgehead atoms. The van der Waals surface area contributed by atoms with Crippen molar-refractivity contribution in [1.29, 1.82) is 0 Å². The second-order valence-corrected chi connectivity index (χ2v) is 5.33. The molecule has 90 valence electrons. The maximum atomic E-state index is 12.2. The van der Waals surface area contributed by atoms with E-state index in [0.717, 1.165) is 44.1 Å². The largest absolute Gasteiger partial charge is 0.339 e. The quantitative estimate of drug-likeness (QED) is 0.680. The highest BCUT2D eigenvalue weighted by molar-refractivity contribution is 5.94. The fourth-order valence-electron chi connectivity index (χ4n) is 2.35. The van der Waals surface area contributed by atoms with Crippen LogP contribution in [0.15, 0.2) is 11.1 Å². The zero-order valence-corrected chi connectivity index (χ0v) is 10.5. The van der Waals surface area contributed by atoms with Gasteiger partial charge < -0.3 is 10.2 Å². The van der Waals surface area contributed by atoms with E-state index in [1.165, 1.54) is 5.57 Å². The lowest BCUT2D eigenvalue weighted by atomic mass is 9.88. The Labute approximate surface area is 97.9 Å². The van der Waals surface area contributed by atoms with E-state index in [-0.39, 0.29) is 5.91 Å². The van der Waals surface area contributed by atoms with Gasteiger partial charge >= 0.3 is 0 Å². The van der Waals surface area contributed by atoms with Crippen LogP contribution in [0.5, 0.6) is 0 Å². The molecule has 0 aromatic heterocycles. The van der Waals surface area contributed by atoms with Gasteiger partial charge in [-0.2, -0.15) is 0 Å². The third kappa shape index (κ3) is 2.14. The summed E-state index contributed by atoms with van der Waals surface area (Å²) in [6, 6.07) is 0. The van der Waals surface area contributed by atoms with Crippen molar-refractivity contribution in [3.63, 3.8) is 0 Å². The first kappa shape index (κ1) is 11.6. The van der Waals surface area contributed by atoms with Crippen LogP contribution in [0.4, 0.5) is 0 Å². The van der Waals surface area contributed by atoms with Crippen LogP contribution in [-0.4, -0.2) is 37.0 Å². The van der Waals surface area contributed by atoms with Gasteiger partial charge in [-0.1, -0.05) is 13.8 Å². The zero-order valence-electron chi connectivity index (χ0n) is 10.5. The molecule has 2 atom stereocenters. The number of amides is 1. The summed E-state index contributed by atoms with van der Waals surface area (Å²) >= 11 is 0. The van der Waals surface area contributed by atoms with Gasteiger partial charge in [0.05, 0.1) is 0 Å². The Balaban J connectivity index is 2.00. The third-order valence-corrected chi connectivity index (χ3v) is 4.15. The van der Waals surface area contributed by atoms with Gasteiger partial charge in [0.15, 0.2) is 0 Å². The van der Waals surface area contributed by atoms with E-state index in [1.54, 1.807) is 0 Å². The molecule has 2 aliphatic rings. The van der Waals surface area contributed by atoms with E-state index in [0.29, 0.717) is 5.92 Å². The van der Waals surface area contributed by atoms with Crippen LogP contribution in [0.25, 0.3) is 0 Å². The highest BCUT2D eigenvalue weighted by Crippen LogP contribution is 2.24. The molecule has 1 N–H and O–H groups in total. The summed E-state index contributed by atoms with van der Waals surface area (Å²) in [5.41, 5.74) is 2.26. The van der Waals surface area contributed by atoms with E-state index in [4.69, 9.17) is 0 Å². The number of hydrogen-bond donors (Lipinski definition) is 1. The first-order valence-corrected chi connectivity index (χ1v) is 6.28. The molecule has 2 unspecified atom stereocenters. The molecule has 0 aromatic rings. The number of nitrogens with one attached hydrogen (secondary N) is 1. The van der Waals surface area contributed by atoms with Gasteiger partial charge in [0.2, 0.25) is 5.91 Å². The molecule has 16 heavy (non-hydrogen) atoms. The van der Waals surface area contributed by atoms with E-state index in [2.05, 4.69) is 19.2 Å². The summed E-state index contributed by atoms with van der Waals surface area (Å²) in [6.07, 6.45) is 1.15. The Morgan fingerprint density at radius 3 is 2.50 bits per heavy atom. The Morgan fingerprint density at radius 2 is 2.00 bits per heavy atom. The Morgan fingerprint density at radius 1 is 1.31 bits per heavy atom. The van der Waals surface area contributed by atoms with Gasteiger partial charge in [0.1, 0.15) is 0 Å². The van der Waals surface area contributed by atoms with Crippen molar-refractivity contribution in [2.75, 3.05) is 26.2 Å². The molecule has 0 radical (unpaired) electrons. The lowest BCUT2D eigenvalue weighted by Gasteiger charge is -2.36. The Hall–Kier alpha value is -0.830. The van der Waals surface area contributed by atoms with Gasteiger partial charge in [-0.3, -0.25) is 4.79 Å². The molecule has 0 aliphatic carbocycles. The molecule has 2 rings (SSSR count). The summed E-state index contributed by atoms with van der Waals surface area (Å²) < 4.78 is 0. The molecular formula is C13H22N2O. The second kappa shape index (κ2) is 4.58. The van der Waals surface area contributed by atoms with Gasteiger partial charge in [-0.15, -0.1) is 0 Å². The summed E-state index contributed by atoms with van der Waals surface area (Å²) in [5, 5.41) is 3.19. The third-order valence-electron chi connectivity index (χ3n) is 4.15. The van der Waals surface area contributed by atoms with Gasteiger partial charge in [0.25, 0.3) is 0 Å². The highest BCUT2D eigenvalue weighted by Gasteiger charge is 2.27. The van der Waals surface area contributed by atoms with Crippen molar-refractivity contribution in [2.24, 2.45) is 11.8 Å². The Kier molecular flexibility index (Phi) is 3.33. The molecule has 3 heteroatoms. The van der Waals surface area contributed by atoms with Gasteiger partial charge in [-0.25, -0.2) is 0 Å². The first-order valence-electron chi connectivity index (χ1n) is 6.28. The molecule has 3 nitrogen and oxygen atoms in total. The molecular weight excluding hydrogens is 200 g/mol. The smallest absolute Gasteiger partial charge is 0.249 e. The summed E-state index contributed by atoms with van der Waals surface area (Å²) in [6.45, 7) is 10.2. The minimum Gasteiger partial charge on any atom is -0.339 e. The molecule has 2 saturated heterocycles. The average molecular weight is 222 g/mol. The average Bonchev–Trinajstić information content (AvgIpc) is 2.18. The monoisotopic (exact) mass is 222 g/mol. The summed E-state index contributed by atoms with van der Waals surface area (Å²) in [5.74, 6) is 1.65. The number of carbonyl (C=O) groups excluding carboxylic acids is 1. The predicted octanol–water partition coefficient (Wildman–Crippen LogP) is 1.41. The predicted molar refractivity (Wildman–Crippen MR) is 65.1 cm³/mol.